The molecule has 1 aromatic heterocycles. The average Bonchev–Trinajstić information content (AvgIpc) is 2.04. The minimum atomic E-state index is 0.582. The fourth-order valence-corrected chi connectivity index (χ4v) is 0.810. The number of pyridine rings is 1. The van der Waals surface area contributed by atoms with E-state index in [1.165, 1.54) is 0 Å². The molecule has 1 rings (SSSR count). The molecule has 1 heterocycles. The van der Waals surface area contributed by atoms with Gasteiger partial charge in [-0.05, 0) is 6.07 Å². The molecule has 1 aromatic rings. The summed E-state index contributed by atoms with van der Waals surface area (Å²) in [5, 5.41) is 0. The van der Waals surface area contributed by atoms with Gasteiger partial charge in [0.2, 0.25) is 0 Å². The van der Waals surface area contributed by atoms with E-state index in [9.17, 15) is 0 Å². The topological polar surface area (TPSA) is 93.8 Å². The van der Waals surface area contributed by atoms with Crippen molar-refractivity contribution in [2.75, 3.05) is 5.73 Å². The molecule has 0 unspecified atom stereocenters. The van der Waals surface area contributed by atoms with Crippen LogP contribution < -0.4 is 17.4 Å². The van der Waals surface area contributed by atoms with Gasteiger partial charge in [-0.15, -0.1) is 12.6 Å². The molecular weight excluding hydrogens is 180 g/mol. The molecule has 6 heteroatoms. The van der Waals surface area contributed by atoms with Crippen LogP contribution in [0.1, 0.15) is 0 Å². The first-order chi connectivity index (χ1) is 5.22. The van der Waals surface area contributed by atoms with Gasteiger partial charge in [0, 0.05) is 11.9 Å². The van der Waals surface area contributed by atoms with Crippen molar-refractivity contribution in [1.29, 1.82) is 0 Å². The Morgan fingerprint density at radius 2 is 2.00 bits per heavy atom. The van der Waals surface area contributed by atoms with Crippen LogP contribution in [0.25, 0.3) is 0 Å². The van der Waals surface area contributed by atoms with Gasteiger partial charge in [-0.1, -0.05) is 12.2 Å². The number of H-pyrrole nitrogens is 1. The molecule has 0 amide bonds. The standard InChI is InChI=1S/C5H6N2S2.H4N2/c6-3-1-2-7-5(9)4(3)8;1-2/h1-2,8H,(H3,6,7,9);1-2H2. The van der Waals surface area contributed by atoms with Gasteiger partial charge < -0.3 is 10.7 Å². The van der Waals surface area contributed by atoms with Gasteiger partial charge in [0.05, 0.1) is 4.90 Å². The third-order valence-electron chi connectivity index (χ3n) is 0.966. The minimum absolute atomic E-state index is 0.582. The van der Waals surface area contributed by atoms with E-state index in [2.05, 4.69) is 29.3 Å². The monoisotopic (exact) mass is 190 g/mol. The lowest BCUT2D eigenvalue weighted by Crippen LogP contribution is -2.02. The molecule has 0 aliphatic rings. The molecular formula is C5H10N4S2. The van der Waals surface area contributed by atoms with Gasteiger partial charge in [0.15, 0.2) is 0 Å². The highest BCUT2D eigenvalue weighted by atomic mass is 32.1. The Kier molecular flexibility index (Phi) is 4.88. The molecule has 0 saturated heterocycles. The number of hydrazine groups is 1. The summed E-state index contributed by atoms with van der Waals surface area (Å²) in [4.78, 5) is 3.44. The summed E-state index contributed by atoms with van der Waals surface area (Å²) < 4.78 is 0.582. The molecule has 0 atom stereocenters. The zero-order chi connectivity index (χ0) is 8.85. The molecule has 0 aliphatic heterocycles. The van der Waals surface area contributed by atoms with Crippen LogP contribution in [0.5, 0.6) is 0 Å². The molecule has 11 heavy (non-hydrogen) atoms. The second-order valence-corrected chi connectivity index (χ2v) is 2.47. The number of nitrogens with two attached hydrogens (primary N) is 3. The van der Waals surface area contributed by atoms with Crippen molar-refractivity contribution < 1.29 is 0 Å². The summed E-state index contributed by atoms with van der Waals surface area (Å²) in [6.07, 6.45) is 1.69. The number of hydrogen-bond acceptors (Lipinski definition) is 5. The summed E-state index contributed by atoms with van der Waals surface area (Å²) in [5.74, 6) is 8.00. The van der Waals surface area contributed by atoms with Crippen LogP contribution >= 0.6 is 24.8 Å². The third-order valence-corrected chi connectivity index (χ3v) is 1.92. The number of anilines is 1. The number of rotatable bonds is 0. The molecule has 0 radical (unpaired) electrons. The molecule has 0 fully saturated rings. The molecule has 0 bridgehead atoms. The largest absolute Gasteiger partial charge is 0.398 e. The molecule has 0 saturated carbocycles. The fourth-order valence-electron chi connectivity index (χ4n) is 0.486. The maximum Gasteiger partial charge on any atom is 0.118 e. The van der Waals surface area contributed by atoms with Crippen molar-refractivity contribution in [3.8, 4) is 0 Å². The summed E-state index contributed by atoms with van der Waals surface area (Å²) in [6.45, 7) is 0. The number of nitrogen functional groups attached to an aromatic ring is 1. The van der Waals surface area contributed by atoms with Crippen molar-refractivity contribution in [3.05, 3.63) is 16.9 Å². The highest BCUT2D eigenvalue weighted by Crippen LogP contribution is 2.14. The first-order valence-corrected chi connectivity index (χ1v) is 3.57. The number of aromatic nitrogens is 1. The lowest BCUT2D eigenvalue weighted by atomic mass is 10.4. The van der Waals surface area contributed by atoms with Crippen LogP contribution in [0, 0.1) is 4.64 Å². The van der Waals surface area contributed by atoms with E-state index in [1.54, 1.807) is 12.3 Å². The van der Waals surface area contributed by atoms with E-state index < -0.39 is 0 Å². The van der Waals surface area contributed by atoms with Gasteiger partial charge in [0.25, 0.3) is 0 Å². The molecule has 4 nitrogen and oxygen atoms in total. The fraction of sp³-hybridized carbons (Fsp3) is 0. The zero-order valence-corrected chi connectivity index (χ0v) is 7.45. The number of aromatic amines is 1. The van der Waals surface area contributed by atoms with Crippen LogP contribution in [0.15, 0.2) is 17.2 Å². The lowest BCUT2D eigenvalue weighted by molar-refractivity contribution is 1.22. The molecule has 0 spiro atoms. The Labute approximate surface area is 75.2 Å². The second kappa shape index (κ2) is 5.14. The van der Waals surface area contributed by atoms with Crippen LogP contribution in [0.4, 0.5) is 5.69 Å². The van der Waals surface area contributed by atoms with Gasteiger partial charge >= 0.3 is 0 Å². The Morgan fingerprint density at radius 3 is 2.36 bits per heavy atom. The van der Waals surface area contributed by atoms with Crippen molar-refractivity contribution in [2.45, 2.75) is 4.90 Å². The van der Waals surface area contributed by atoms with E-state index in [-0.39, 0.29) is 0 Å². The first kappa shape index (κ1) is 10.4. The maximum absolute atomic E-state index is 5.46. The first-order valence-electron chi connectivity index (χ1n) is 2.71. The van der Waals surface area contributed by atoms with Gasteiger partial charge in [-0.25, -0.2) is 0 Å². The average molecular weight is 190 g/mol. The van der Waals surface area contributed by atoms with E-state index >= 15 is 0 Å². The van der Waals surface area contributed by atoms with E-state index in [4.69, 9.17) is 18.0 Å². The van der Waals surface area contributed by atoms with E-state index in [0.29, 0.717) is 15.2 Å². The summed E-state index contributed by atoms with van der Waals surface area (Å²) in [5.41, 5.74) is 6.07. The Bertz CT molecular complexity index is 269. The SMILES string of the molecule is NN.Nc1cc[nH]c(=S)c1S. The Morgan fingerprint density at radius 1 is 1.45 bits per heavy atom. The number of hydrogen-bond donors (Lipinski definition) is 5. The predicted molar refractivity (Wildman–Crippen MR) is 51.7 cm³/mol. The third kappa shape index (κ3) is 2.89. The Balaban J connectivity index is 0.000000461. The normalized spacial score (nSPS) is 8.27. The van der Waals surface area contributed by atoms with Crippen LogP contribution in [-0.4, -0.2) is 4.98 Å². The molecule has 0 aromatic carbocycles. The van der Waals surface area contributed by atoms with Crippen LogP contribution in [0.3, 0.4) is 0 Å². The van der Waals surface area contributed by atoms with Gasteiger partial charge in [-0.3, -0.25) is 11.7 Å². The second-order valence-electron chi connectivity index (χ2n) is 1.61. The van der Waals surface area contributed by atoms with Crippen molar-refractivity contribution >= 4 is 30.5 Å². The molecule has 7 N–H and O–H groups in total. The van der Waals surface area contributed by atoms with Crippen molar-refractivity contribution in [2.24, 2.45) is 11.7 Å². The smallest absolute Gasteiger partial charge is 0.118 e. The quantitative estimate of drug-likeness (QED) is 0.177. The van der Waals surface area contributed by atoms with E-state index in [1.807, 2.05) is 0 Å². The number of thiol groups is 1. The minimum Gasteiger partial charge on any atom is -0.398 e. The van der Waals surface area contributed by atoms with Crippen molar-refractivity contribution in [1.82, 2.24) is 4.98 Å². The lowest BCUT2D eigenvalue weighted by Gasteiger charge is -1.94. The Hall–Kier alpha value is -0.560. The predicted octanol–water partition coefficient (Wildman–Crippen LogP) is 0.434. The highest BCUT2D eigenvalue weighted by molar-refractivity contribution is 7.81. The van der Waals surface area contributed by atoms with Gasteiger partial charge in [-0.2, -0.15) is 0 Å². The molecule has 0 aliphatic carbocycles. The summed E-state index contributed by atoms with van der Waals surface area (Å²) in [7, 11) is 0. The number of nitrogens with one attached hydrogen (secondary N) is 1. The van der Waals surface area contributed by atoms with Crippen molar-refractivity contribution in [3.63, 3.8) is 0 Å². The van der Waals surface area contributed by atoms with Gasteiger partial charge in [0.1, 0.15) is 4.64 Å². The maximum atomic E-state index is 5.46. The molecule has 62 valence electrons. The highest BCUT2D eigenvalue weighted by Gasteiger charge is 1.91. The summed E-state index contributed by atoms with van der Waals surface area (Å²) in [6, 6.07) is 1.72. The van der Waals surface area contributed by atoms with E-state index in [0.717, 1.165) is 0 Å². The summed E-state index contributed by atoms with van der Waals surface area (Å²) >= 11 is 8.88. The van der Waals surface area contributed by atoms with Crippen LogP contribution in [0.2, 0.25) is 0 Å². The zero-order valence-electron chi connectivity index (χ0n) is 5.74. The van der Waals surface area contributed by atoms with Crippen LogP contribution in [-0.2, 0) is 0 Å².